The van der Waals surface area contributed by atoms with Crippen molar-refractivity contribution in [1.29, 1.82) is 0 Å². The van der Waals surface area contributed by atoms with Gasteiger partial charge in [0.25, 0.3) is 5.91 Å². The number of hydrogen-bond donors (Lipinski definition) is 1. The van der Waals surface area contributed by atoms with Gasteiger partial charge in [-0.1, -0.05) is 60.7 Å². The van der Waals surface area contributed by atoms with E-state index >= 15 is 0 Å². The van der Waals surface area contributed by atoms with Crippen LogP contribution in [-0.2, 0) is 22.6 Å². The fourth-order valence-corrected chi connectivity index (χ4v) is 3.53. The second-order valence-corrected chi connectivity index (χ2v) is 7.57. The lowest BCUT2D eigenvalue weighted by atomic mass is 10.0. The predicted molar refractivity (Wildman–Crippen MR) is 128 cm³/mol. The number of methoxy groups -OCH3 is 1. The molecule has 6 heteroatoms. The third-order valence-electron chi connectivity index (χ3n) is 5.24. The molecular formula is C27H30N2O4. The van der Waals surface area contributed by atoms with Crippen LogP contribution in [-0.4, -0.2) is 43.0 Å². The Bertz CT molecular complexity index is 1010. The van der Waals surface area contributed by atoms with Gasteiger partial charge in [0.1, 0.15) is 17.5 Å². The Kier molecular flexibility index (Phi) is 8.88. The van der Waals surface area contributed by atoms with Gasteiger partial charge in [0.05, 0.1) is 7.11 Å². The smallest absolute Gasteiger partial charge is 0.261 e. The molecule has 0 spiro atoms. The molecule has 0 heterocycles. The maximum Gasteiger partial charge on any atom is 0.261 e. The molecular weight excluding hydrogens is 416 g/mol. The van der Waals surface area contributed by atoms with Gasteiger partial charge < -0.3 is 19.7 Å². The molecule has 3 aromatic carbocycles. The molecule has 1 atom stereocenters. The third kappa shape index (κ3) is 7.10. The van der Waals surface area contributed by atoms with Crippen LogP contribution in [0.2, 0.25) is 0 Å². The molecule has 0 unspecified atom stereocenters. The van der Waals surface area contributed by atoms with Crippen LogP contribution in [0.15, 0.2) is 84.9 Å². The van der Waals surface area contributed by atoms with Gasteiger partial charge in [-0.3, -0.25) is 9.59 Å². The molecule has 0 aromatic heterocycles. The number of nitrogens with one attached hydrogen (secondary N) is 1. The summed E-state index contributed by atoms with van der Waals surface area (Å²) in [6.45, 7) is 2.48. The van der Waals surface area contributed by atoms with Crippen molar-refractivity contribution in [3.8, 4) is 11.5 Å². The number of carbonyl (C=O) groups excluding carboxylic acids is 2. The van der Waals surface area contributed by atoms with Crippen molar-refractivity contribution in [1.82, 2.24) is 10.2 Å². The van der Waals surface area contributed by atoms with Crippen LogP contribution < -0.4 is 14.8 Å². The van der Waals surface area contributed by atoms with E-state index in [1.54, 1.807) is 36.3 Å². The zero-order valence-corrected chi connectivity index (χ0v) is 19.1. The number of benzene rings is 3. The summed E-state index contributed by atoms with van der Waals surface area (Å²) in [5.74, 6) is 0.817. The third-order valence-corrected chi connectivity index (χ3v) is 5.24. The first kappa shape index (κ1) is 23.9. The van der Waals surface area contributed by atoms with E-state index < -0.39 is 6.04 Å². The van der Waals surface area contributed by atoms with E-state index in [0.717, 1.165) is 11.1 Å². The molecule has 0 bridgehead atoms. The van der Waals surface area contributed by atoms with Crippen molar-refractivity contribution in [2.45, 2.75) is 25.9 Å². The Morgan fingerprint density at radius 1 is 0.848 bits per heavy atom. The largest absolute Gasteiger partial charge is 0.497 e. The van der Waals surface area contributed by atoms with Crippen LogP contribution in [0.4, 0.5) is 0 Å². The summed E-state index contributed by atoms with van der Waals surface area (Å²) in [5.41, 5.74) is 1.92. The van der Waals surface area contributed by atoms with E-state index in [4.69, 9.17) is 9.47 Å². The second-order valence-electron chi connectivity index (χ2n) is 7.57. The molecule has 0 aliphatic heterocycles. The molecule has 0 saturated heterocycles. The van der Waals surface area contributed by atoms with Crippen molar-refractivity contribution in [2.24, 2.45) is 0 Å². The summed E-state index contributed by atoms with van der Waals surface area (Å²) in [5, 5.41) is 2.89. The van der Waals surface area contributed by atoms with Crippen LogP contribution in [0.25, 0.3) is 0 Å². The second kappa shape index (κ2) is 12.3. The summed E-state index contributed by atoms with van der Waals surface area (Å²) in [6.07, 6.45) is 0.410. The average Bonchev–Trinajstić information content (AvgIpc) is 2.86. The number of rotatable bonds is 11. The molecule has 0 aliphatic carbocycles. The first-order valence-corrected chi connectivity index (χ1v) is 11.0. The van der Waals surface area contributed by atoms with Crippen molar-refractivity contribution < 1.29 is 19.1 Å². The number of carbonyl (C=O) groups is 2. The summed E-state index contributed by atoms with van der Waals surface area (Å²) in [4.78, 5) is 28.1. The van der Waals surface area contributed by atoms with Gasteiger partial charge in [-0.15, -0.1) is 0 Å². The van der Waals surface area contributed by atoms with E-state index in [1.807, 2.05) is 67.6 Å². The van der Waals surface area contributed by atoms with E-state index in [9.17, 15) is 9.59 Å². The molecule has 0 fully saturated rings. The van der Waals surface area contributed by atoms with Crippen molar-refractivity contribution in [3.05, 3.63) is 96.1 Å². The molecule has 172 valence electrons. The van der Waals surface area contributed by atoms with E-state index in [1.165, 1.54) is 0 Å². The number of hydrogen-bond acceptors (Lipinski definition) is 4. The fraction of sp³-hybridized carbons (Fsp3) is 0.259. The van der Waals surface area contributed by atoms with Crippen molar-refractivity contribution in [2.75, 3.05) is 20.3 Å². The summed E-state index contributed by atoms with van der Waals surface area (Å²) >= 11 is 0. The number of amides is 2. The van der Waals surface area contributed by atoms with Gasteiger partial charge >= 0.3 is 0 Å². The van der Waals surface area contributed by atoms with Gasteiger partial charge in [0.2, 0.25) is 5.91 Å². The first-order valence-electron chi connectivity index (χ1n) is 11.0. The molecule has 0 saturated carbocycles. The first-order chi connectivity index (χ1) is 16.1. The van der Waals surface area contributed by atoms with E-state index in [0.29, 0.717) is 31.0 Å². The van der Waals surface area contributed by atoms with Crippen LogP contribution in [0, 0.1) is 0 Å². The van der Waals surface area contributed by atoms with Gasteiger partial charge in [-0.05, 0) is 42.3 Å². The summed E-state index contributed by atoms with van der Waals surface area (Å²) in [6, 6.07) is 25.8. The van der Waals surface area contributed by atoms with Gasteiger partial charge in [0.15, 0.2) is 6.61 Å². The van der Waals surface area contributed by atoms with E-state index in [2.05, 4.69) is 5.32 Å². The minimum atomic E-state index is -0.667. The van der Waals surface area contributed by atoms with Crippen molar-refractivity contribution in [3.63, 3.8) is 0 Å². The lowest BCUT2D eigenvalue weighted by Gasteiger charge is -2.31. The fourth-order valence-electron chi connectivity index (χ4n) is 3.53. The quantitative estimate of drug-likeness (QED) is 0.486. The zero-order chi connectivity index (χ0) is 23.5. The van der Waals surface area contributed by atoms with Gasteiger partial charge in [-0.25, -0.2) is 0 Å². The summed E-state index contributed by atoms with van der Waals surface area (Å²) in [7, 11) is 1.59. The highest BCUT2D eigenvalue weighted by Gasteiger charge is 2.30. The lowest BCUT2D eigenvalue weighted by Crippen LogP contribution is -2.51. The Morgan fingerprint density at radius 3 is 2.00 bits per heavy atom. The van der Waals surface area contributed by atoms with Crippen LogP contribution in [0.1, 0.15) is 18.1 Å². The molecule has 3 aromatic rings. The highest BCUT2D eigenvalue weighted by molar-refractivity contribution is 5.88. The SMILES string of the molecule is CCNC(=O)[C@H](Cc1ccccc1)N(Cc1ccccc1)C(=O)COc1ccc(OC)cc1. The monoisotopic (exact) mass is 446 g/mol. The van der Waals surface area contributed by atoms with Crippen molar-refractivity contribution >= 4 is 11.8 Å². The number of ether oxygens (including phenoxy) is 2. The Morgan fingerprint density at radius 2 is 1.42 bits per heavy atom. The number of likely N-dealkylation sites (N-methyl/N-ethyl adjacent to an activating group) is 1. The highest BCUT2D eigenvalue weighted by Crippen LogP contribution is 2.18. The molecule has 0 aliphatic rings. The standard InChI is InChI=1S/C27H30N2O4/c1-3-28-27(31)25(18-21-10-6-4-7-11-21)29(19-22-12-8-5-9-13-22)26(30)20-33-24-16-14-23(32-2)15-17-24/h4-17,25H,3,18-20H2,1-2H3,(H,28,31)/t25-/m0/s1. The predicted octanol–water partition coefficient (Wildman–Crippen LogP) is 3.85. The van der Waals surface area contributed by atoms with E-state index in [-0.39, 0.29) is 18.4 Å². The normalized spacial score (nSPS) is 11.3. The van der Waals surface area contributed by atoms with Crippen LogP contribution >= 0.6 is 0 Å². The topological polar surface area (TPSA) is 67.9 Å². The number of nitrogens with zero attached hydrogens (tertiary/aromatic N) is 1. The Balaban J connectivity index is 1.84. The molecule has 2 amide bonds. The van der Waals surface area contributed by atoms with Gasteiger partial charge in [0, 0.05) is 19.5 Å². The highest BCUT2D eigenvalue weighted by atomic mass is 16.5. The molecule has 0 radical (unpaired) electrons. The average molecular weight is 447 g/mol. The Labute approximate surface area is 195 Å². The van der Waals surface area contributed by atoms with Crippen LogP contribution in [0.5, 0.6) is 11.5 Å². The minimum Gasteiger partial charge on any atom is -0.497 e. The molecule has 3 rings (SSSR count). The minimum absolute atomic E-state index is 0.177. The summed E-state index contributed by atoms with van der Waals surface area (Å²) < 4.78 is 10.9. The lowest BCUT2D eigenvalue weighted by molar-refractivity contribution is -0.142. The van der Waals surface area contributed by atoms with Gasteiger partial charge in [-0.2, -0.15) is 0 Å². The molecule has 6 nitrogen and oxygen atoms in total. The Hall–Kier alpha value is -3.80. The van der Waals surface area contributed by atoms with Crippen LogP contribution in [0.3, 0.4) is 0 Å². The maximum absolute atomic E-state index is 13.4. The maximum atomic E-state index is 13.4. The zero-order valence-electron chi connectivity index (χ0n) is 19.1. The molecule has 33 heavy (non-hydrogen) atoms. The molecule has 1 N–H and O–H groups in total.